The van der Waals surface area contributed by atoms with E-state index < -0.39 is 0 Å². The predicted molar refractivity (Wildman–Crippen MR) is 84.6 cm³/mol. The van der Waals surface area contributed by atoms with Gasteiger partial charge in [0.05, 0.1) is 5.69 Å². The number of rotatable bonds is 3. The fourth-order valence-electron chi connectivity index (χ4n) is 2.35. The van der Waals surface area contributed by atoms with Gasteiger partial charge in [-0.1, -0.05) is 52.3 Å². The quantitative estimate of drug-likeness (QED) is 0.658. The van der Waals surface area contributed by atoms with E-state index in [2.05, 4.69) is 39.2 Å². The van der Waals surface area contributed by atoms with Crippen molar-refractivity contribution in [1.82, 2.24) is 9.78 Å². The zero-order chi connectivity index (χ0) is 14.1. The van der Waals surface area contributed by atoms with Gasteiger partial charge < -0.3 is 4.74 Å². The molecule has 102 valence electrons. The smallest absolute Gasteiger partial charge is 0.221 e. The summed E-state index contributed by atoms with van der Waals surface area (Å²) in [7, 11) is 1.90. The van der Waals surface area contributed by atoms with E-state index in [1.807, 2.05) is 38.2 Å². The van der Waals surface area contributed by atoms with E-state index in [4.69, 9.17) is 4.74 Å². The number of nitrogens with zero attached hydrogens (tertiary/aromatic N) is 2. The average Bonchev–Trinajstić information content (AvgIpc) is 2.73. The molecule has 0 atom stereocenters. The molecule has 3 aromatic rings. The summed E-state index contributed by atoms with van der Waals surface area (Å²) in [4.78, 5) is 0. The molecular weight excluding hydrogens is 316 g/mol. The van der Waals surface area contributed by atoms with Crippen LogP contribution < -0.4 is 4.74 Å². The van der Waals surface area contributed by atoms with Crippen molar-refractivity contribution < 1.29 is 4.74 Å². The summed E-state index contributed by atoms with van der Waals surface area (Å²) >= 11 is 3.50. The average molecular weight is 331 g/mol. The van der Waals surface area contributed by atoms with Crippen LogP contribution in [0.25, 0.3) is 10.8 Å². The zero-order valence-corrected chi connectivity index (χ0v) is 13.0. The molecule has 3 rings (SSSR count). The Morgan fingerprint density at radius 2 is 1.90 bits per heavy atom. The van der Waals surface area contributed by atoms with Gasteiger partial charge in [0.2, 0.25) is 5.88 Å². The van der Waals surface area contributed by atoms with Gasteiger partial charge in [-0.15, -0.1) is 0 Å². The second kappa shape index (κ2) is 5.29. The molecule has 0 bridgehead atoms. The maximum Gasteiger partial charge on any atom is 0.221 e. The zero-order valence-electron chi connectivity index (χ0n) is 11.4. The van der Waals surface area contributed by atoms with E-state index in [1.165, 1.54) is 5.39 Å². The number of alkyl halides is 1. The number of fused-ring (bicyclic) bond motifs is 1. The van der Waals surface area contributed by atoms with Gasteiger partial charge in [-0.25, -0.2) is 4.68 Å². The lowest BCUT2D eigenvalue weighted by Gasteiger charge is -2.10. The predicted octanol–water partition coefficient (Wildman–Crippen LogP) is 4.57. The van der Waals surface area contributed by atoms with Gasteiger partial charge >= 0.3 is 0 Å². The van der Waals surface area contributed by atoms with Crippen LogP contribution in [0, 0.1) is 6.92 Å². The molecule has 1 aromatic heterocycles. The highest BCUT2D eigenvalue weighted by atomic mass is 79.9. The van der Waals surface area contributed by atoms with Crippen molar-refractivity contribution >= 4 is 26.7 Å². The summed E-state index contributed by atoms with van der Waals surface area (Å²) in [5, 5.41) is 7.43. The monoisotopic (exact) mass is 330 g/mol. The minimum Gasteiger partial charge on any atom is -0.438 e. The standard InChI is InChI=1S/C16H15BrN2O/c1-11-14(10-17)16(19(2)18-11)20-15-9-5-7-12-6-3-4-8-13(12)15/h3-9H,10H2,1-2H3. The molecule has 0 saturated heterocycles. The Morgan fingerprint density at radius 1 is 1.15 bits per heavy atom. The molecule has 0 fully saturated rings. The van der Waals surface area contributed by atoms with Gasteiger partial charge in [-0.3, -0.25) is 0 Å². The number of hydrogen-bond donors (Lipinski definition) is 0. The summed E-state index contributed by atoms with van der Waals surface area (Å²) in [6.45, 7) is 1.99. The Morgan fingerprint density at radius 3 is 2.70 bits per heavy atom. The van der Waals surface area contributed by atoms with Crippen molar-refractivity contribution in [2.45, 2.75) is 12.3 Å². The fourth-order valence-corrected chi connectivity index (χ4v) is 3.00. The highest BCUT2D eigenvalue weighted by molar-refractivity contribution is 9.08. The number of aromatic nitrogens is 2. The molecule has 20 heavy (non-hydrogen) atoms. The summed E-state index contributed by atoms with van der Waals surface area (Å²) in [5.41, 5.74) is 2.07. The number of ether oxygens (including phenoxy) is 1. The lowest BCUT2D eigenvalue weighted by Crippen LogP contribution is -1.96. The molecule has 0 amide bonds. The minimum absolute atomic E-state index is 0.729. The van der Waals surface area contributed by atoms with Gasteiger partial charge in [0.15, 0.2) is 0 Å². The maximum atomic E-state index is 6.14. The third-order valence-corrected chi connectivity index (χ3v) is 3.94. The van der Waals surface area contributed by atoms with Gasteiger partial charge in [0.1, 0.15) is 5.75 Å². The lowest BCUT2D eigenvalue weighted by atomic mass is 10.1. The molecule has 0 aliphatic heterocycles. The number of halogens is 1. The van der Waals surface area contributed by atoms with Crippen LogP contribution in [0.15, 0.2) is 42.5 Å². The second-order valence-electron chi connectivity index (χ2n) is 4.71. The van der Waals surface area contributed by atoms with Crippen molar-refractivity contribution in [3.8, 4) is 11.6 Å². The van der Waals surface area contributed by atoms with E-state index >= 15 is 0 Å². The molecule has 0 radical (unpaired) electrons. The maximum absolute atomic E-state index is 6.14. The Kier molecular flexibility index (Phi) is 3.49. The van der Waals surface area contributed by atoms with Crippen LogP contribution in [-0.2, 0) is 12.4 Å². The van der Waals surface area contributed by atoms with Crippen molar-refractivity contribution in [2.75, 3.05) is 0 Å². The number of benzene rings is 2. The second-order valence-corrected chi connectivity index (χ2v) is 5.27. The van der Waals surface area contributed by atoms with Crippen LogP contribution in [0.4, 0.5) is 0 Å². The van der Waals surface area contributed by atoms with E-state index in [0.717, 1.165) is 33.6 Å². The van der Waals surface area contributed by atoms with Crippen LogP contribution in [0.2, 0.25) is 0 Å². The first-order valence-electron chi connectivity index (χ1n) is 6.44. The molecule has 1 heterocycles. The molecule has 0 unspecified atom stereocenters. The molecule has 0 saturated carbocycles. The SMILES string of the molecule is Cc1nn(C)c(Oc2cccc3ccccc23)c1CBr. The van der Waals surface area contributed by atoms with Crippen LogP contribution in [0.5, 0.6) is 11.6 Å². The topological polar surface area (TPSA) is 27.1 Å². The Balaban J connectivity index is 2.10. The van der Waals surface area contributed by atoms with Crippen molar-refractivity contribution in [1.29, 1.82) is 0 Å². The van der Waals surface area contributed by atoms with Crippen LogP contribution in [0.1, 0.15) is 11.3 Å². The summed E-state index contributed by atoms with van der Waals surface area (Å²) in [6, 6.07) is 14.3. The molecule has 0 aliphatic rings. The highest BCUT2D eigenvalue weighted by Crippen LogP contribution is 2.33. The number of aryl methyl sites for hydroxylation is 2. The molecule has 0 spiro atoms. The largest absolute Gasteiger partial charge is 0.438 e. The molecule has 3 nitrogen and oxygen atoms in total. The molecule has 4 heteroatoms. The molecule has 2 aromatic carbocycles. The van der Waals surface area contributed by atoms with Crippen LogP contribution in [0.3, 0.4) is 0 Å². The van der Waals surface area contributed by atoms with Gasteiger partial charge in [-0.05, 0) is 18.4 Å². The normalized spacial score (nSPS) is 10.9. The van der Waals surface area contributed by atoms with Crippen LogP contribution in [-0.4, -0.2) is 9.78 Å². The van der Waals surface area contributed by atoms with E-state index in [0.29, 0.717) is 0 Å². The van der Waals surface area contributed by atoms with E-state index in [-0.39, 0.29) is 0 Å². The first-order chi connectivity index (χ1) is 9.70. The summed E-state index contributed by atoms with van der Waals surface area (Å²) in [5.74, 6) is 1.64. The first-order valence-corrected chi connectivity index (χ1v) is 7.57. The fraction of sp³-hybridized carbons (Fsp3) is 0.188. The van der Waals surface area contributed by atoms with Crippen molar-refractivity contribution in [3.63, 3.8) is 0 Å². The van der Waals surface area contributed by atoms with Gasteiger partial charge in [0.25, 0.3) is 0 Å². The van der Waals surface area contributed by atoms with Crippen LogP contribution >= 0.6 is 15.9 Å². The van der Waals surface area contributed by atoms with E-state index in [1.54, 1.807) is 4.68 Å². The molecule has 0 N–H and O–H groups in total. The molecular formula is C16H15BrN2O. The third kappa shape index (κ3) is 2.20. The lowest BCUT2D eigenvalue weighted by molar-refractivity contribution is 0.432. The van der Waals surface area contributed by atoms with Gasteiger partial charge in [-0.2, -0.15) is 5.10 Å². The minimum atomic E-state index is 0.729. The first kappa shape index (κ1) is 13.2. The van der Waals surface area contributed by atoms with Gasteiger partial charge in [0, 0.05) is 23.3 Å². The summed E-state index contributed by atoms with van der Waals surface area (Å²) < 4.78 is 7.92. The van der Waals surface area contributed by atoms with Crippen molar-refractivity contribution in [2.24, 2.45) is 7.05 Å². The van der Waals surface area contributed by atoms with E-state index in [9.17, 15) is 0 Å². The number of hydrogen-bond acceptors (Lipinski definition) is 2. The summed E-state index contributed by atoms with van der Waals surface area (Å²) in [6.07, 6.45) is 0. The Labute approximate surface area is 126 Å². The third-order valence-electron chi connectivity index (χ3n) is 3.38. The molecule has 0 aliphatic carbocycles. The Hall–Kier alpha value is -1.81. The Bertz CT molecular complexity index is 759. The highest BCUT2D eigenvalue weighted by Gasteiger charge is 2.15. The van der Waals surface area contributed by atoms with Crippen molar-refractivity contribution in [3.05, 3.63) is 53.7 Å².